The van der Waals surface area contributed by atoms with Gasteiger partial charge >= 0.3 is 6.18 Å². The predicted molar refractivity (Wildman–Crippen MR) is 52.0 cm³/mol. The highest BCUT2D eigenvalue weighted by Crippen LogP contribution is 2.26. The minimum Gasteiger partial charge on any atom is -0.383 e. The van der Waals surface area contributed by atoms with Crippen LogP contribution in [0, 0.1) is 6.92 Å². The Balaban J connectivity index is 2.82. The van der Waals surface area contributed by atoms with Gasteiger partial charge in [-0.1, -0.05) is 23.7 Å². The summed E-state index contributed by atoms with van der Waals surface area (Å²) in [7, 11) is 0. The molecule has 0 spiro atoms. The van der Waals surface area contributed by atoms with Crippen LogP contribution in [0.4, 0.5) is 13.2 Å². The lowest BCUT2D eigenvalue weighted by atomic mass is 10.1. The van der Waals surface area contributed by atoms with Crippen molar-refractivity contribution in [3.05, 3.63) is 34.3 Å². The average molecular weight is 239 g/mol. The first-order valence-electron chi connectivity index (χ1n) is 4.30. The van der Waals surface area contributed by atoms with Gasteiger partial charge < -0.3 is 5.11 Å². The smallest absolute Gasteiger partial charge is 0.383 e. The van der Waals surface area contributed by atoms with Crippen molar-refractivity contribution in [2.24, 2.45) is 0 Å². The Morgan fingerprint density at radius 3 is 2.47 bits per heavy atom. The highest BCUT2D eigenvalue weighted by atomic mass is 35.5. The molecule has 0 fully saturated rings. The average Bonchev–Trinajstić information content (AvgIpc) is 2.08. The van der Waals surface area contributed by atoms with E-state index in [0.717, 1.165) is 5.56 Å². The molecule has 1 atom stereocenters. The zero-order valence-electron chi connectivity index (χ0n) is 7.98. The highest BCUT2D eigenvalue weighted by molar-refractivity contribution is 6.31. The maximum atomic E-state index is 12.1. The predicted octanol–water partition coefficient (Wildman–Crippen LogP) is 3.11. The van der Waals surface area contributed by atoms with E-state index in [4.69, 9.17) is 16.7 Å². The van der Waals surface area contributed by atoms with E-state index in [9.17, 15) is 13.2 Å². The van der Waals surface area contributed by atoms with E-state index < -0.39 is 18.7 Å². The fraction of sp³-hybridized carbons (Fsp3) is 0.400. The van der Waals surface area contributed by atoms with E-state index in [-0.39, 0.29) is 5.02 Å². The van der Waals surface area contributed by atoms with E-state index in [1.807, 2.05) is 0 Å². The molecular formula is C10H10ClF3O. The van der Waals surface area contributed by atoms with Crippen molar-refractivity contribution in [2.75, 3.05) is 0 Å². The quantitative estimate of drug-likeness (QED) is 0.839. The normalized spacial score (nSPS) is 14.0. The van der Waals surface area contributed by atoms with Crippen molar-refractivity contribution in [2.45, 2.75) is 25.6 Å². The van der Waals surface area contributed by atoms with E-state index in [1.54, 1.807) is 19.1 Å². The second-order valence-corrected chi connectivity index (χ2v) is 3.76. The van der Waals surface area contributed by atoms with Crippen LogP contribution in [-0.2, 0) is 6.42 Å². The molecule has 0 amide bonds. The number of aliphatic hydroxyl groups excluding tert-OH is 1. The molecule has 0 heterocycles. The summed E-state index contributed by atoms with van der Waals surface area (Å²) in [5.74, 6) is 0. The standard InChI is InChI=1S/C10H10ClF3O/c1-6-2-3-7(8(11)4-6)5-9(15)10(12,13)14/h2-4,9,15H,5H2,1H3/t9-/m0/s1. The largest absolute Gasteiger partial charge is 0.414 e. The Labute approximate surface area is 90.5 Å². The Hall–Kier alpha value is -0.740. The molecule has 0 aliphatic carbocycles. The minimum absolute atomic E-state index is 0.248. The van der Waals surface area contributed by atoms with Crippen LogP contribution in [0.1, 0.15) is 11.1 Å². The van der Waals surface area contributed by atoms with E-state index in [0.29, 0.717) is 5.56 Å². The summed E-state index contributed by atoms with van der Waals surface area (Å²) in [5.41, 5.74) is 1.16. The van der Waals surface area contributed by atoms with Crippen LogP contribution in [0.3, 0.4) is 0 Å². The number of aliphatic hydroxyl groups is 1. The molecule has 0 saturated carbocycles. The van der Waals surface area contributed by atoms with Crippen molar-refractivity contribution in [3.63, 3.8) is 0 Å². The molecule has 0 aliphatic heterocycles. The van der Waals surface area contributed by atoms with Crippen molar-refractivity contribution >= 4 is 11.6 Å². The van der Waals surface area contributed by atoms with Crippen LogP contribution in [0.5, 0.6) is 0 Å². The van der Waals surface area contributed by atoms with Crippen LogP contribution in [0.2, 0.25) is 5.02 Å². The molecule has 0 unspecified atom stereocenters. The van der Waals surface area contributed by atoms with Gasteiger partial charge in [0.1, 0.15) is 0 Å². The second-order valence-electron chi connectivity index (χ2n) is 3.36. The van der Waals surface area contributed by atoms with Crippen molar-refractivity contribution < 1.29 is 18.3 Å². The summed E-state index contributed by atoms with van der Waals surface area (Å²) in [6.07, 6.45) is -7.48. The molecule has 0 radical (unpaired) electrons. The van der Waals surface area contributed by atoms with Crippen molar-refractivity contribution in [3.8, 4) is 0 Å². The van der Waals surface area contributed by atoms with Gasteiger partial charge in [0, 0.05) is 11.4 Å². The van der Waals surface area contributed by atoms with Gasteiger partial charge in [-0.15, -0.1) is 0 Å². The fourth-order valence-electron chi connectivity index (χ4n) is 1.14. The van der Waals surface area contributed by atoms with Gasteiger partial charge in [-0.3, -0.25) is 0 Å². The molecule has 84 valence electrons. The molecule has 0 bridgehead atoms. The molecule has 0 aromatic heterocycles. The van der Waals surface area contributed by atoms with Crippen molar-refractivity contribution in [1.29, 1.82) is 0 Å². The topological polar surface area (TPSA) is 20.2 Å². The zero-order valence-corrected chi connectivity index (χ0v) is 8.73. The number of hydrogen-bond donors (Lipinski definition) is 1. The molecule has 5 heteroatoms. The summed E-state index contributed by atoms with van der Waals surface area (Å²) in [6, 6.07) is 4.72. The lowest BCUT2D eigenvalue weighted by Gasteiger charge is -2.15. The summed E-state index contributed by atoms with van der Waals surface area (Å²) < 4.78 is 36.2. The van der Waals surface area contributed by atoms with Crippen LogP contribution in [-0.4, -0.2) is 17.4 Å². The van der Waals surface area contributed by atoms with Gasteiger partial charge in [0.25, 0.3) is 0 Å². The number of hydrogen-bond acceptors (Lipinski definition) is 1. The van der Waals surface area contributed by atoms with Crippen LogP contribution in [0.25, 0.3) is 0 Å². The van der Waals surface area contributed by atoms with Gasteiger partial charge in [0.2, 0.25) is 0 Å². The molecule has 1 rings (SSSR count). The molecule has 0 aliphatic rings. The summed E-state index contributed by atoms with van der Waals surface area (Å²) >= 11 is 5.75. The summed E-state index contributed by atoms with van der Waals surface area (Å²) in [6.45, 7) is 1.79. The number of benzene rings is 1. The summed E-state index contributed by atoms with van der Waals surface area (Å²) in [4.78, 5) is 0. The Bertz CT molecular complexity index is 349. The summed E-state index contributed by atoms with van der Waals surface area (Å²) in [5, 5.41) is 9.10. The van der Waals surface area contributed by atoms with E-state index in [2.05, 4.69) is 0 Å². The first-order valence-corrected chi connectivity index (χ1v) is 4.68. The van der Waals surface area contributed by atoms with Gasteiger partial charge in [-0.05, 0) is 24.1 Å². The van der Waals surface area contributed by atoms with Gasteiger partial charge in [0.15, 0.2) is 6.10 Å². The molecule has 0 saturated heterocycles. The third-order valence-electron chi connectivity index (χ3n) is 2.00. The van der Waals surface area contributed by atoms with Gasteiger partial charge in [0.05, 0.1) is 0 Å². The van der Waals surface area contributed by atoms with Gasteiger partial charge in [-0.2, -0.15) is 13.2 Å². The second kappa shape index (κ2) is 4.41. The first-order chi connectivity index (χ1) is 6.80. The van der Waals surface area contributed by atoms with E-state index in [1.165, 1.54) is 6.07 Å². The zero-order chi connectivity index (χ0) is 11.6. The SMILES string of the molecule is Cc1ccc(C[C@H](O)C(F)(F)F)c(Cl)c1. The number of alkyl halides is 3. The molecule has 1 N–H and O–H groups in total. The maximum absolute atomic E-state index is 12.1. The first kappa shape index (κ1) is 12.3. The van der Waals surface area contributed by atoms with E-state index >= 15 is 0 Å². The Morgan fingerprint density at radius 2 is 2.00 bits per heavy atom. The van der Waals surface area contributed by atoms with Crippen molar-refractivity contribution in [1.82, 2.24) is 0 Å². The minimum atomic E-state index is -4.60. The van der Waals surface area contributed by atoms with Crippen LogP contribution < -0.4 is 0 Å². The number of rotatable bonds is 2. The lowest BCUT2D eigenvalue weighted by Crippen LogP contribution is -2.30. The maximum Gasteiger partial charge on any atom is 0.414 e. The highest BCUT2D eigenvalue weighted by Gasteiger charge is 2.38. The molecular weight excluding hydrogens is 229 g/mol. The lowest BCUT2D eigenvalue weighted by molar-refractivity contribution is -0.203. The molecule has 1 aromatic rings. The molecule has 1 aromatic carbocycles. The molecule has 15 heavy (non-hydrogen) atoms. The fourth-order valence-corrected chi connectivity index (χ4v) is 1.45. The Morgan fingerprint density at radius 1 is 1.40 bits per heavy atom. The van der Waals surface area contributed by atoms with Crippen LogP contribution in [0.15, 0.2) is 18.2 Å². The third kappa shape index (κ3) is 3.39. The number of halogens is 4. The number of aryl methyl sites for hydroxylation is 1. The Kier molecular flexibility index (Phi) is 3.62. The molecule has 1 nitrogen and oxygen atoms in total. The third-order valence-corrected chi connectivity index (χ3v) is 2.35. The monoisotopic (exact) mass is 238 g/mol. The van der Waals surface area contributed by atoms with Crippen LogP contribution >= 0.6 is 11.6 Å². The van der Waals surface area contributed by atoms with Gasteiger partial charge in [-0.25, -0.2) is 0 Å².